The van der Waals surface area contributed by atoms with E-state index in [2.05, 4.69) is 10.4 Å². The predicted molar refractivity (Wildman–Crippen MR) is 79.4 cm³/mol. The van der Waals surface area contributed by atoms with Crippen LogP contribution in [0.2, 0.25) is 0 Å². The smallest absolute Gasteiger partial charge is 0.277 e. The Morgan fingerprint density at radius 1 is 1.38 bits per heavy atom. The molecule has 0 atom stereocenters. The van der Waals surface area contributed by atoms with E-state index >= 15 is 0 Å². The second kappa shape index (κ2) is 5.05. The molecule has 0 unspecified atom stereocenters. The summed E-state index contributed by atoms with van der Waals surface area (Å²) < 4.78 is 1.66. The first-order valence-corrected chi connectivity index (χ1v) is 6.85. The summed E-state index contributed by atoms with van der Waals surface area (Å²) in [4.78, 5) is 26.1. The van der Waals surface area contributed by atoms with E-state index < -0.39 is 0 Å². The molecule has 0 radical (unpaired) electrons. The highest BCUT2D eigenvalue weighted by molar-refractivity contribution is 6.14. The summed E-state index contributed by atoms with van der Waals surface area (Å²) in [6, 6.07) is 9.04. The average molecular weight is 284 g/mol. The number of anilines is 2. The summed E-state index contributed by atoms with van der Waals surface area (Å²) in [5.74, 6) is -0.402. The lowest BCUT2D eigenvalue weighted by Gasteiger charge is -2.29. The number of aryl methyl sites for hydroxylation is 2. The van der Waals surface area contributed by atoms with E-state index in [1.165, 1.54) is 4.90 Å². The summed E-state index contributed by atoms with van der Waals surface area (Å²) in [6.45, 7) is 4.40. The van der Waals surface area contributed by atoms with Crippen molar-refractivity contribution in [2.75, 3.05) is 16.8 Å². The molecular weight excluding hydrogens is 268 g/mol. The third-order valence-corrected chi connectivity index (χ3v) is 3.44. The largest absolute Gasteiger partial charge is 0.323 e. The normalized spacial score (nSPS) is 13.8. The summed E-state index contributed by atoms with van der Waals surface area (Å²) in [5.41, 5.74) is 2.65. The van der Waals surface area contributed by atoms with E-state index in [0.29, 0.717) is 23.6 Å². The zero-order valence-corrected chi connectivity index (χ0v) is 12.0. The summed E-state index contributed by atoms with van der Waals surface area (Å²) >= 11 is 0. The van der Waals surface area contributed by atoms with Crippen molar-refractivity contribution in [3.63, 3.8) is 0 Å². The Morgan fingerprint density at radius 3 is 2.90 bits per heavy atom. The van der Waals surface area contributed by atoms with E-state index in [1.54, 1.807) is 16.8 Å². The van der Waals surface area contributed by atoms with E-state index in [0.717, 1.165) is 5.69 Å². The van der Waals surface area contributed by atoms with Gasteiger partial charge >= 0.3 is 0 Å². The Bertz CT molecular complexity index is 720. The van der Waals surface area contributed by atoms with E-state index in [4.69, 9.17) is 0 Å². The molecule has 0 saturated carbocycles. The fourth-order valence-corrected chi connectivity index (χ4v) is 2.51. The number of hydrogen-bond acceptors (Lipinski definition) is 3. The van der Waals surface area contributed by atoms with E-state index in [-0.39, 0.29) is 18.4 Å². The number of para-hydroxylation sites is 2. The lowest BCUT2D eigenvalue weighted by atomic mass is 10.1. The molecule has 0 aliphatic carbocycles. The third-order valence-electron chi connectivity index (χ3n) is 3.44. The molecule has 0 fully saturated rings. The SMILES string of the molecule is CCn1nc(C)cc1C(=O)N1CC(=O)Nc2ccccc21. The third kappa shape index (κ3) is 2.29. The van der Waals surface area contributed by atoms with E-state index in [1.807, 2.05) is 32.0 Å². The van der Waals surface area contributed by atoms with Crippen molar-refractivity contribution in [1.29, 1.82) is 0 Å². The Morgan fingerprint density at radius 2 is 2.14 bits per heavy atom. The van der Waals surface area contributed by atoms with Gasteiger partial charge in [0, 0.05) is 6.54 Å². The number of carbonyl (C=O) groups is 2. The van der Waals surface area contributed by atoms with Crippen LogP contribution in [0.25, 0.3) is 0 Å². The maximum atomic E-state index is 12.8. The van der Waals surface area contributed by atoms with Gasteiger partial charge in [-0.15, -0.1) is 0 Å². The molecule has 0 saturated heterocycles. The number of aromatic nitrogens is 2. The monoisotopic (exact) mass is 284 g/mol. The van der Waals surface area contributed by atoms with Gasteiger partial charge < -0.3 is 5.32 Å². The number of benzene rings is 1. The lowest BCUT2D eigenvalue weighted by molar-refractivity contribution is -0.115. The molecule has 0 spiro atoms. The molecule has 2 amide bonds. The Kier molecular flexibility index (Phi) is 3.21. The van der Waals surface area contributed by atoms with Crippen LogP contribution in [0.3, 0.4) is 0 Å². The molecular formula is C15H16N4O2. The highest BCUT2D eigenvalue weighted by Gasteiger charge is 2.29. The van der Waals surface area contributed by atoms with Crippen LogP contribution < -0.4 is 10.2 Å². The molecule has 1 N–H and O–H groups in total. The van der Waals surface area contributed by atoms with Gasteiger partial charge in [-0.3, -0.25) is 19.2 Å². The van der Waals surface area contributed by atoms with Crippen LogP contribution in [0.15, 0.2) is 30.3 Å². The number of nitrogens with zero attached hydrogens (tertiary/aromatic N) is 3. The van der Waals surface area contributed by atoms with Gasteiger partial charge in [-0.2, -0.15) is 5.10 Å². The minimum atomic E-state index is -0.209. The molecule has 1 aliphatic heterocycles. The van der Waals surface area contributed by atoms with Crippen LogP contribution >= 0.6 is 0 Å². The number of nitrogens with one attached hydrogen (secondary N) is 1. The van der Waals surface area contributed by atoms with Crippen LogP contribution in [-0.2, 0) is 11.3 Å². The summed E-state index contributed by atoms with van der Waals surface area (Å²) in [5, 5.41) is 7.06. The van der Waals surface area contributed by atoms with E-state index in [9.17, 15) is 9.59 Å². The molecule has 6 heteroatoms. The first-order chi connectivity index (χ1) is 10.1. The van der Waals surface area contributed by atoms with Crippen LogP contribution in [0.1, 0.15) is 23.1 Å². The zero-order valence-electron chi connectivity index (χ0n) is 12.0. The second-order valence-electron chi connectivity index (χ2n) is 4.94. The number of carbonyl (C=O) groups excluding carboxylic acids is 2. The van der Waals surface area contributed by atoms with Gasteiger partial charge in [0.2, 0.25) is 5.91 Å². The van der Waals surface area contributed by atoms with Gasteiger partial charge in [0.1, 0.15) is 12.2 Å². The summed E-state index contributed by atoms with van der Waals surface area (Å²) in [6.07, 6.45) is 0. The van der Waals surface area contributed by atoms with Gasteiger partial charge in [0.15, 0.2) is 0 Å². The maximum absolute atomic E-state index is 12.8. The highest BCUT2D eigenvalue weighted by atomic mass is 16.2. The van der Waals surface area contributed by atoms with Crippen LogP contribution in [0.4, 0.5) is 11.4 Å². The standard InChI is InChI=1S/C15H16N4O2/c1-3-19-13(8-10(2)17-19)15(21)18-9-14(20)16-11-6-4-5-7-12(11)18/h4-8H,3,9H2,1-2H3,(H,16,20). The molecule has 1 aromatic heterocycles. The fourth-order valence-electron chi connectivity index (χ4n) is 2.51. The van der Waals surface area contributed by atoms with Gasteiger partial charge in [-0.25, -0.2) is 0 Å². The molecule has 3 rings (SSSR count). The average Bonchev–Trinajstić information content (AvgIpc) is 2.86. The Hall–Kier alpha value is -2.63. The van der Waals surface area contributed by atoms with Crippen molar-refractivity contribution in [3.8, 4) is 0 Å². The van der Waals surface area contributed by atoms with Crippen molar-refractivity contribution in [2.24, 2.45) is 0 Å². The van der Waals surface area contributed by atoms with Gasteiger partial charge in [0.25, 0.3) is 5.91 Å². The van der Waals surface area contributed by atoms with Gasteiger partial charge in [-0.1, -0.05) is 12.1 Å². The number of fused-ring (bicyclic) bond motifs is 1. The number of rotatable bonds is 2. The van der Waals surface area contributed by atoms with Crippen LogP contribution in [-0.4, -0.2) is 28.1 Å². The van der Waals surface area contributed by atoms with Gasteiger partial charge in [0.05, 0.1) is 17.1 Å². The van der Waals surface area contributed by atoms with Crippen molar-refractivity contribution in [2.45, 2.75) is 20.4 Å². The molecule has 21 heavy (non-hydrogen) atoms. The van der Waals surface area contributed by atoms with Crippen molar-refractivity contribution >= 4 is 23.2 Å². The molecule has 6 nitrogen and oxygen atoms in total. The number of amides is 2. The molecule has 108 valence electrons. The predicted octanol–water partition coefficient (Wildman–Crippen LogP) is 1.81. The highest BCUT2D eigenvalue weighted by Crippen LogP contribution is 2.30. The molecule has 0 bridgehead atoms. The van der Waals surface area contributed by atoms with Crippen LogP contribution in [0.5, 0.6) is 0 Å². The second-order valence-corrected chi connectivity index (χ2v) is 4.94. The van der Waals surface area contributed by atoms with Crippen LogP contribution in [0, 0.1) is 6.92 Å². The lowest BCUT2D eigenvalue weighted by Crippen LogP contribution is -2.42. The Balaban J connectivity index is 2.04. The molecule has 2 heterocycles. The zero-order chi connectivity index (χ0) is 15.0. The van der Waals surface area contributed by atoms with Crippen molar-refractivity contribution in [3.05, 3.63) is 41.7 Å². The van der Waals surface area contributed by atoms with Gasteiger partial charge in [-0.05, 0) is 32.0 Å². The maximum Gasteiger partial charge on any atom is 0.277 e. The molecule has 2 aromatic rings. The quantitative estimate of drug-likeness (QED) is 0.914. The summed E-state index contributed by atoms with van der Waals surface area (Å²) in [7, 11) is 0. The topological polar surface area (TPSA) is 67.2 Å². The first kappa shape index (κ1) is 13.4. The van der Waals surface area contributed by atoms with Crippen molar-refractivity contribution < 1.29 is 9.59 Å². The molecule has 1 aliphatic rings. The minimum Gasteiger partial charge on any atom is -0.323 e. The molecule has 1 aromatic carbocycles. The fraction of sp³-hybridized carbons (Fsp3) is 0.267. The Labute approximate surface area is 122 Å². The first-order valence-electron chi connectivity index (χ1n) is 6.85. The number of hydrogen-bond donors (Lipinski definition) is 1. The minimum absolute atomic E-state index is 0.0176. The van der Waals surface area contributed by atoms with Crippen molar-refractivity contribution in [1.82, 2.24) is 9.78 Å².